The lowest BCUT2D eigenvalue weighted by atomic mass is 9.93. The zero-order valence-electron chi connectivity index (χ0n) is 17.4. The molecule has 0 fully saturated rings. The van der Waals surface area contributed by atoms with Gasteiger partial charge in [-0.3, -0.25) is 0 Å². The van der Waals surface area contributed by atoms with Crippen LogP contribution >= 0.6 is 0 Å². The van der Waals surface area contributed by atoms with Gasteiger partial charge in [0.25, 0.3) is 0 Å². The quantitative estimate of drug-likeness (QED) is 0.405. The van der Waals surface area contributed by atoms with Gasteiger partial charge in [-0.1, -0.05) is 59.8 Å². The predicted octanol–water partition coefficient (Wildman–Crippen LogP) is 5.89. The van der Waals surface area contributed by atoms with Crippen molar-refractivity contribution in [3.8, 4) is 11.5 Å². The molecule has 0 aromatic heterocycles. The van der Waals surface area contributed by atoms with Crippen LogP contribution in [0.2, 0.25) is 0 Å². The Balaban J connectivity index is 2.71. The van der Waals surface area contributed by atoms with Crippen molar-refractivity contribution in [1.29, 1.82) is 0 Å². The van der Waals surface area contributed by atoms with Crippen LogP contribution in [-0.4, -0.2) is 23.4 Å². The van der Waals surface area contributed by atoms with Crippen molar-refractivity contribution < 1.29 is 14.9 Å². The zero-order valence-corrected chi connectivity index (χ0v) is 17.4. The molecule has 1 atom stereocenters. The number of aryl methyl sites for hydroxylation is 1. The average Bonchev–Trinajstić information content (AvgIpc) is 2.58. The van der Waals surface area contributed by atoms with E-state index < -0.39 is 0 Å². The molecular formula is C23H40O3. The largest absolute Gasteiger partial charge is 0.508 e. The van der Waals surface area contributed by atoms with E-state index in [4.69, 9.17) is 9.84 Å². The monoisotopic (exact) mass is 364 g/mol. The number of benzene rings is 1. The molecule has 0 aliphatic rings. The lowest BCUT2D eigenvalue weighted by Crippen LogP contribution is -2.06. The first-order chi connectivity index (χ1) is 12.5. The van der Waals surface area contributed by atoms with Gasteiger partial charge in [-0.25, -0.2) is 0 Å². The summed E-state index contributed by atoms with van der Waals surface area (Å²) in [6.07, 6.45) is 10.1. The van der Waals surface area contributed by atoms with Gasteiger partial charge in [-0.05, 0) is 55.2 Å². The molecular weight excluding hydrogens is 324 g/mol. The van der Waals surface area contributed by atoms with Crippen LogP contribution < -0.4 is 4.74 Å². The second kappa shape index (κ2) is 13.0. The third-order valence-corrected chi connectivity index (χ3v) is 5.03. The highest BCUT2D eigenvalue weighted by atomic mass is 16.5. The fraction of sp³-hybridized carbons (Fsp3) is 0.739. The number of aromatic hydroxyl groups is 1. The molecule has 150 valence electrons. The number of rotatable bonds is 14. The van der Waals surface area contributed by atoms with Crippen molar-refractivity contribution in [2.45, 2.75) is 85.5 Å². The SMILES string of the molecule is CCCCCc1cc(O)c(CC[C@H](C)CCCC(C)C)c(OCCO)c1. The van der Waals surface area contributed by atoms with Gasteiger partial charge in [0.05, 0.1) is 6.61 Å². The van der Waals surface area contributed by atoms with E-state index in [1.54, 1.807) is 0 Å². The molecule has 0 saturated heterocycles. The fourth-order valence-electron chi connectivity index (χ4n) is 3.35. The molecule has 1 aromatic rings. The molecule has 0 bridgehead atoms. The molecule has 1 rings (SSSR count). The van der Waals surface area contributed by atoms with Crippen LogP contribution in [0.5, 0.6) is 11.5 Å². The number of aliphatic hydroxyl groups is 1. The summed E-state index contributed by atoms with van der Waals surface area (Å²) in [5.41, 5.74) is 2.02. The Bertz CT molecular complexity index is 496. The molecule has 0 amide bonds. The summed E-state index contributed by atoms with van der Waals surface area (Å²) in [5, 5.41) is 19.7. The van der Waals surface area contributed by atoms with Crippen LogP contribution in [0.25, 0.3) is 0 Å². The molecule has 0 aliphatic heterocycles. The third kappa shape index (κ3) is 8.93. The summed E-state index contributed by atoms with van der Waals surface area (Å²) in [5.74, 6) is 2.51. The standard InChI is InChI=1S/C23H40O3/c1-5-6-7-11-20-16-22(25)21(23(17-20)26-15-14-24)13-12-19(4)10-8-9-18(2)3/h16-19,24-25H,5-15H2,1-4H3/t19-/m1/s1. The highest BCUT2D eigenvalue weighted by Gasteiger charge is 2.14. The average molecular weight is 365 g/mol. The van der Waals surface area contributed by atoms with E-state index >= 15 is 0 Å². The highest BCUT2D eigenvalue weighted by Crippen LogP contribution is 2.33. The first kappa shape index (κ1) is 22.8. The Morgan fingerprint density at radius 3 is 2.38 bits per heavy atom. The lowest BCUT2D eigenvalue weighted by molar-refractivity contribution is 0.199. The maximum Gasteiger partial charge on any atom is 0.126 e. The number of aliphatic hydroxyl groups excluding tert-OH is 1. The summed E-state index contributed by atoms with van der Waals surface area (Å²) >= 11 is 0. The highest BCUT2D eigenvalue weighted by molar-refractivity contribution is 5.47. The molecule has 2 N–H and O–H groups in total. The van der Waals surface area contributed by atoms with E-state index in [9.17, 15) is 5.11 Å². The second-order valence-corrected chi connectivity index (χ2v) is 8.09. The third-order valence-electron chi connectivity index (χ3n) is 5.03. The molecule has 3 nitrogen and oxygen atoms in total. The van der Waals surface area contributed by atoms with Gasteiger partial charge in [0, 0.05) is 5.56 Å². The Hall–Kier alpha value is -1.22. The smallest absolute Gasteiger partial charge is 0.126 e. The van der Waals surface area contributed by atoms with Gasteiger partial charge >= 0.3 is 0 Å². The van der Waals surface area contributed by atoms with E-state index in [-0.39, 0.29) is 13.2 Å². The minimum atomic E-state index is -0.00807. The van der Waals surface area contributed by atoms with Crippen LogP contribution in [0.3, 0.4) is 0 Å². The molecule has 0 unspecified atom stereocenters. The maximum atomic E-state index is 10.5. The fourth-order valence-corrected chi connectivity index (χ4v) is 3.35. The summed E-state index contributed by atoms with van der Waals surface area (Å²) in [6.45, 7) is 9.30. The minimum Gasteiger partial charge on any atom is -0.508 e. The number of hydrogen-bond donors (Lipinski definition) is 2. The van der Waals surface area contributed by atoms with Crippen molar-refractivity contribution >= 4 is 0 Å². The Labute approximate surface area is 160 Å². The number of phenolic OH excluding ortho intramolecular Hbond substituents is 1. The van der Waals surface area contributed by atoms with E-state index in [0.29, 0.717) is 11.7 Å². The van der Waals surface area contributed by atoms with Crippen molar-refractivity contribution in [3.05, 3.63) is 23.3 Å². The van der Waals surface area contributed by atoms with E-state index in [0.717, 1.165) is 48.5 Å². The Morgan fingerprint density at radius 2 is 1.73 bits per heavy atom. The van der Waals surface area contributed by atoms with Crippen LogP contribution in [-0.2, 0) is 12.8 Å². The Morgan fingerprint density at radius 1 is 0.962 bits per heavy atom. The summed E-state index contributed by atoms with van der Waals surface area (Å²) in [4.78, 5) is 0. The van der Waals surface area contributed by atoms with Gasteiger partial charge in [0.1, 0.15) is 18.1 Å². The molecule has 0 aliphatic carbocycles. The van der Waals surface area contributed by atoms with Gasteiger partial charge in [0.15, 0.2) is 0 Å². The van der Waals surface area contributed by atoms with Crippen LogP contribution in [0.4, 0.5) is 0 Å². The Kier molecular flexibility index (Phi) is 11.4. The molecule has 0 heterocycles. The zero-order chi connectivity index (χ0) is 19.4. The second-order valence-electron chi connectivity index (χ2n) is 8.09. The lowest BCUT2D eigenvalue weighted by Gasteiger charge is -2.17. The molecule has 3 heteroatoms. The molecule has 0 spiro atoms. The summed E-state index contributed by atoms with van der Waals surface area (Å²) < 4.78 is 5.75. The van der Waals surface area contributed by atoms with Gasteiger partial charge < -0.3 is 14.9 Å². The predicted molar refractivity (Wildman–Crippen MR) is 110 cm³/mol. The van der Waals surface area contributed by atoms with Crippen LogP contribution in [0.1, 0.15) is 83.8 Å². The number of phenols is 1. The van der Waals surface area contributed by atoms with Crippen molar-refractivity contribution in [1.82, 2.24) is 0 Å². The topological polar surface area (TPSA) is 49.7 Å². The normalized spacial score (nSPS) is 12.5. The molecule has 0 radical (unpaired) electrons. The number of unbranched alkanes of at least 4 members (excludes halogenated alkanes) is 2. The summed E-state index contributed by atoms with van der Waals surface area (Å²) in [6, 6.07) is 3.96. The van der Waals surface area contributed by atoms with Gasteiger partial charge in [-0.15, -0.1) is 0 Å². The van der Waals surface area contributed by atoms with Gasteiger partial charge in [-0.2, -0.15) is 0 Å². The first-order valence-corrected chi connectivity index (χ1v) is 10.6. The van der Waals surface area contributed by atoms with E-state index in [2.05, 4.69) is 33.8 Å². The number of hydrogen-bond acceptors (Lipinski definition) is 3. The van der Waals surface area contributed by atoms with Crippen LogP contribution in [0, 0.1) is 11.8 Å². The number of ether oxygens (including phenoxy) is 1. The molecule has 1 aromatic carbocycles. The molecule has 0 saturated carbocycles. The summed E-state index contributed by atoms with van der Waals surface area (Å²) in [7, 11) is 0. The maximum absolute atomic E-state index is 10.5. The first-order valence-electron chi connectivity index (χ1n) is 10.6. The van der Waals surface area contributed by atoms with Crippen molar-refractivity contribution in [3.63, 3.8) is 0 Å². The van der Waals surface area contributed by atoms with Crippen molar-refractivity contribution in [2.75, 3.05) is 13.2 Å². The molecule has 26 heavy (non-hydrogen) atoms. The van der Waals surface area contributed by atoms with E-state index in [1.807, 2.05) is 6.07 Å². The van der Waals surface area contributed by atoms with Gasteiger partial charge in [0.2, 0.25) is 0 Å². The van der Waals surface area contributed by atoms with E-state index in [1.165, 1.54) is 32.1 Å². The van der Waals surface area contributed by atoms with Crippen LogP contribution in [0.15, 0.2) is 12.1 Å². The minimum absolute atomic E-state index is 0.00807. The van der Waals surface area contributed by atoms with Crippen molar-refractivity contribution in [2.24, 2.45) is 11.8 Å².